The second-order valence-electron chi connectivity index (χ2n) is 2.27. The number of hydrogen-bond donors (Lipinski definition) is 0. The lowest BCUT2D eigenvalue weighted by Gasteiger charge is -2.01. The van der Waals surface area contributed by atoms with Gasteiger partial charge in [-0.15, -0.1) is 0 Å². The van der Waals surface area contributed by atoms with Crippen molar-refractivity contribution in [2.45, 2.75) is 6.92 Å². The summed E-state index contributed by atoms with van der Waals surface area (Å²) in [4.78, 5) is 14.9. The first-order valence-corrected chi connectivity index (χ1v) is 4.15. The van der Waals surface area contributed by atoms with Gasteiger partial charge in [0.05, 0.1) is 7.11 Å². The van der Waals surface area contributed by atoms with E-state index in [1.54, 1.807) is 12.1 Å². The van der Waals surface area contributed by atoms with E-state index < -0.39 is 0 Å². The molecule has 3 nitrogen and oxygen atoms in total. The normalized spacial score (nSPS) is 9.58. The van der Waals surface area contributed by atoms with Crippen molar-refractivity contribution in [3.63, 3.8) is 0 Å². The van der Waals surface area contributed by atoms with Crippen molar-refractivity contribution in [2.24, 2.45) is 0 Å². The van der Waals surface area contributed by atoms with E-state index in [0.29, 0.717) is 11.6 Å². The summed E-state index contributed by atoms with van der Waals surface area (Å²) in [7, 11) is 1.51. The molecule has 0 spiro atoms. The molecular weight excluding hydrogens is 222 g/mol. The highest BCUT2D eigenvalue weighted by atomic mass is 79.9. The Morgan fingerprint density at radius 2 is 2.25 bits per heavy atom. The van der Waals surface area contributed by atoms with Crippen molar-refractivity contribution < 1.29 is 9.53 Å². The molecule has 1 aromatic rings. The zero-order valence-electron chi connectivity index (χ0n) is 6.80. The lowest BCUT2D eigenvalue weighted by atomic mass is 10.3. The predicted molar refractivity (Wildman–Crippen MR) is 48.5 cm³/mol. The van der Waals surface area contributed by atoms with E-state index in [1.165, 1.54) is 14.0 Å². The van der Waals surface area contributed by atoms with Crippen LogP contribution in [0, 0.1) is 0 Å². The molecule has 0 unspecified atom stereocenters. The van der Waals surface area contributed by atoms with Crippen LogP contribution >= 0.6 is 15.9 Å². The van der Waals surface area contributed by atoms with Crippen LogP contribution in [-0.2, 0) is 0 Å². The van der Waals surface area contributed by atoms with Gasteiger partial charge in [0.1, 0.15) is 5.69 Å². The smallest absolute Gasteiger partial charge is 0.214 e. The quantitative estimate of drug-likeness (QED) is 0.730. The minimum Gasteiger partial charge on any atom is -0.481 e. The zero-order chi connectivity index (χ0) is 9.14. The molecule has 1 aromatic heterocycles. The Morgan fingerprint density at radius 1 is 1.58 bits per heavy atom. The molecule has 0 saturated heterocycles. The van der Waals surface area contributed by atoms with Crippen LogP contribution in [0.3, 0.4) is 0 Å². The van der Waals surface area contributed by atoms with E-state index in [9.17, 15) is 4.79 Å². The summed E-state index contributed by atoms with van der Waals surface area (Å²) in [5.41, 5.74) is 0.404. The fourth-order valence-corrected chi connectivity index (χ4v) is 1.17. The number of carbonyl (C=O) groups excluding carboxylic acids is 1. The van der Waals surface area contributed by atoms with Crippen molar-refractivity contribution >= 4 is 21.7 Å². The number of aromatic nitrogens is 1. The number of nitrogens with zero attached hydrogens (tertiary/aromatic N) is 1. The lowest BCUT2D eigenvalue weighted by Crippen LogP contribution is -1.98. The molecule has 0 bridgehead atoms. The topological polar surface area (TPSA) is 39.2 Å². The number of Topliss-reactive ketones (excluding diaryl/α,β-unsaturated/α-hetero) is 1. The van der Waals surface area contributed by atoms with Crippen molar-refractivity contribution in [3.8, 4) is 5.88 Å². The number of rotatable bonds is 2. The summed E-state index contributed by atoms with van der Waals surface area (Å²) in [6.07, 6.45) is 0. The molecule has 0 radical (unpaired) electrons. The maximum Gasteiger partial charge on any atom is 0.214 e. The molecule has 4 heteroatoms. The van der Waals surface area contributed by atoms with Crippen LogP contribution in [0.2, 0.25) is 0 Å². The molecule has 0 N–H and O–H groups in total. The Kier molecular flexibility index (Phi) is 2.81. The van der Waals surface area contributed by atoms with Crippen LogP contribution in [0.4, 0.5) is 0 Å². The van der Waals surface area contributed by atoms with E-state index in [1.807, 2.05) is 0 Å². The Morgan fingerprint density at radius 3 is 2.75 bits per heavy atom. The van der Waals surface area contributed by atoms with Crippen LogP contribution in [-0.4, -0.2) is 17.9 Å². The SMILES string of the molecule is COc1cc(Br)cc(C(C)=O)n1. The summed E-state index contributed by atoms with van der Waals surface area (Å²) in [5, 5.41) is 0. The average molecular weight is 230 g/mol. The van der Waals surface area contributed by atoms with Crippen LogP contribution < -0.4 is 4.74 Å². The Labute approximate surface area is 78.9 Å². The molecule has 0 aliphatic rings. The van der Waals surface area contributed by atoms with Crippen LogP contribution in [0.1, 0.15) is 17.4 Å². The molecule has 0 atom stereocenters. The zero-order valence-corrected chi connectivity index (χ0v) is 8.38. The molecule has 0 aliphatic carbocycles. The van der Waals surface area contributed by atoms with Crippen molar-refractivity contribution in [1.29, 1.82) is 0 Å². The second-order valence-corrected chi connectivity index (χ2v) is 3.18. The number of methoxy groups -OCH3 is 1. The first-order chi connectivity index (χ1) is 5.63. The average Bonchev–Trinajstić information content (AvgIpc) is 2.03. The van der Waals surface area contributed by atoms with Crippen molar-refractivity contribution in [3.05, 3.63) is 22.3 Å². The highest BCUT2D eigenvalue weighted by Crippen LogP contribution is 2.17. The molecule has 1 heterocycles. The number of carbonyl (C=O) groups is 1. The monoisotopic (exact) mass is 229 g/mol. The number of hydrogen-bond acceptors (Lipinski definition) is 3. The van der Waals surface area contributed by atoms with E-state index in [0.717, 1.165) is 4.47 Å². The summed E-state index contributed by atoms with van der Waals surface area (Å²) in [6.45, 7) is 1.47. The van der Waals surface area contributed by atoms with Gasteiger partial charge in [0.25, 0.3) is 0 Å². The van der Waals surface area contributed by atoms with Gasteiger partial charge < -0.3 is 4.74 Å². The van der Waals surface area contributed by atoms with Gasteiger partial charge in [0.2, 0.25) is 5.88 Å². The lowest BCUT2D eigenvalue weighted by molar-refractivity contribution is 0.101. The van der Waals surface area contributed by atoms with Gasteiger partial charge in [-0.05, 0) is 6.07 Å². The minimum atomic E-state index is -0.0744. The van der Waals surface area contributed by atoms with Crippen molar-refractivity contribution in [1.82, 2.24) is 4.98 Å². The van der Waals surface area contributed by atoms with E-state index in [2.05, 4.69) is 20.9 Å². The third-order valence-corrected chi connectivity index (χ3v) is 1.79. The Hall–Kier alpha value is -0.900. The summed E-state index contributed by atoms with van der Waals surface area (Å²) in [5.74, 6) is 0.365. The first-order valence-electron chi connectivity index (χ1n) is 3.36. The maximum absolute atomic E-state index is 10.9. The molecule has 1 rings (SSSR count). The molecule has 12 heavy (non-hydrogen) atoms. The van der Waals surface area contributed by atoms with Gasteiger partial charge in [-0.25, -0.2) is 4.98 Å². The molecular formula is C8H8BrNO2. The van der Waals surface area contributed by atoms with Crippen LogP contribution in [0.5, 0.6) is 5.88 Å². The van der Waals surface area contributed by atoms with Gasteiger partial charge in [-0.2, -0.15) is 0 Å². The van der Waals surface area contributed by atoms with E-state index in [4.69, 9.17) is 4.74 Å². The number of halogens is 1. The number of ether oxygens (including phenoxy) is 1. The standard InChI is InChI=1S/C8H8BrNO2/c1-5(11)7-3-6(9)4-8(10-7)12-2/h3-4H,1-2H3. The molecule has 0 aromatic carbocycles. The molecule has 64 valence electrons. The second kappa shape index (κ2) is 3.67. The number of ketones is 1. The maximum atomic E-state index is 10.9. The Balaban J connectivity index is 3.15. The third-order valence-electron chi connectivity index (χ3n) is 1.34. The third kappa shape index (κ3) is 2.04. The van der Waals surface area contributed by atoms with Gasteiger partial charge in [0, 0.05) is 17.5 Å². The molecule has 0 amide bonds. The fraction of sp³-hybridized carbons (Fsp3) is 0.250. The highest BCUT2D eigenvalue weighted by molar-refractivity contribution is 9.10. The molecule has 0 saturated carbocycles. The van der Waals surface area contributed by atoms with Crippen LogP contribution in [0.15, 0.2) is 16.6 Å². The largest absolute Gasteiger partial charge is 0.481 e. The summed E-state index contributed by atoms with van der Waals surface area (Å²) in [6, 6.07) is 3.36. The Bertz CT molecular complexity index is 312. The predicted octanol–water partition coefficient (Wildman–Crippen LogP) is 2.06. The minimum absolute atomic E-state index is 0.0744. The van der Waals surface area contributed by atoms with Gasteiger partial charge in [0.15, 0.2) is 5.78 Å². The van der Waals surface area contributed by atoms with E-state index >= 15 is 0 Å². The highest BCUT2D eigenvalue weighted by Gasteiger charge is 2.04. The first kappa shape index (κ1) is 9.19. The van der Waals surface area contributed by atoms with Crippen molar-refractivity contribution in [2.75, 3.05) is 7.11 Å². The van der Waals surface area contributed by atoms with Gasteiger partial charge >= 0.3 is 0 Å². The van der Waals surface area contributed by atoms with Gasteiger partial charge in [-0.1, -0.05) is 15.9 Å². The molecule has 0 fully saturated rings. The van der Waals surface area contributed by atoms with E-state index in [-0.39, 0.29) is 5.78 Å². The van der Waals surface area contributed by atoms with Crippen LogP contribution in [0.25, 0.3) is 0 Å². The fourth-order valence-electron chi connectivity index (χ4n) is 0.758. The van der Waals surface area contributed by atoms with Gasteiger partial charge in [-0.3, -0.25) is 4.79 Å². The molecule has 0 aliphatic heterocycles. The summed E-state index contributed by atoms with van der Waals surface area (Å²) < 4.78 is 5.68. The summed E-state index contributed by atoms with van der Waals surface area (Å²) >= 11 is 3.25. The number of pyridine rings is 1.